The molecular weight excluding hydrogens is 259 g/mol. The molecule has 0 radical (unpaired) electrons. The average Bonchev–Trinajstić information content (AvgIpc) is 2.65. The predicted molar refractivity (Wildman–Crippen MR) is 70.9 cm³/mol. The van der Waals surface area contributed by atoms with E-state index in [-0.39, 0.29) is 6.10 Å². The molecule has 1 aliphatic heterocycles. The molecule has 0 aliphatic carbocycles. The van der Waals surface area contributed by atoms with Crippen LogP contribution in [0.1, 0.15) is 26.2 Å². The summed E-state index contributed by atoms with van der Waals surface area (Å²) in [7, 11) is 0. The minimum Gasteiger partial charge on any atom is -0.393 e. The molecule has 0 unspecified atom stereocenters. The van der Waals surface area contributed by atoms with Crippen molar-refractivity contribution in [2.24, 2.45) is 0 Å². The summed E-state index contributed by atoms with van der Waals surface area (Å²) in [6, 6.07) is 2.03. The van der Waals surface area contributed by atoms with Crippen LogP contribution < -0.4 is 4.90 Å². The van der Waals surface area contributed by atoms with E-state index < -0.39 is 0 Å². The second-order valence-electron chi connectivity index (χ2n) is 4.53. The fourth-order valence-electron chi connectivity index (χ4n) is 2.37. The van der Waals surface area contributed by atoms with Gasteiger partial charge in [0.1, 0.15) is 5.82 Å². The van der Waals surface area contributed by atoms with Crippen molar-refractivity contribution in [2.45, 2.75) is 38.3 Å². The van der Waals surface area contributed by atoms with Crippen LogP contribution in [0.5, 0.6) is 0 Å². The third-order valence-corrected chi connectivity index (χ3v) is 3.54. The van der Waals surface area contributed by atoms with E-state index in [0.717, 1.165) is 31.6 Å². The van der Waals surface area contributed by atoms with Gasteiger partial charge < -0.3 is 10.0 Å². The number of pyridine rings is 1. The maximum Gasteiger partial charge on any atom is 0.147 e. The van der Waals surface area contributed by atoms with Crippen molar-refractivity contribution in [3.8, 4) is 0 Å². The number of hydrogen-bond donors (Lipinski definition) is 1. The Morgan fingerprint density at radius 2 is 2.35 bits per heavy atom. The zero-order chi connectivity index (χ0) is 12.4. The second-order valence-corrected chi connectivity index (χ2v) is 5.38. The maximum atomic E-state index is 9.49. The summed E-state index contributed by atoms with van der Waals surface area (Å²) in [5.41, 5.74) is 0. The van der Waals surface area contributed by atoms with E-state index in [9.17, 15) is 5.11 Å². The normalized spacial score (nSPS) is 21.9. The molecule has 3 nitrogen and oxygen atoms in total. The lowest BCUT2D eigenvalue weighted by Gasteiger charge is -2.27. The average molecular weight is 275 g/mol. The fraction of sp³-hybridized carbons (Fsp3) is 0.583. The first-order chi connectivity index (χ1) is 8.08. The van der Waals surface area contributed by atoms with Crippen LogP contribution in [-0.4, -0.2) is 28.8 Å². The number of anilines is 1. The van der Waals surface area contributed by atoms with Crippen molar-refractivity contribution >= 4 is 29.0 Å². The molecule has 0 bridgehead atoms. The number of aliphatic hydroxyl groups excluding tert-OH is 1. The summed E-state index contributed by atoms with van der Waals surface area (Å²) in [5, 5.41) is 10.6. The number of rotatable bonds is 3. The molecule has 1 aromatic heterocycles. The van der Waals surface area contributed by atoms with Gasteiger partial charge in [-0.15, -0.1) is 0 Å². The third kappa shape index (κ3) is 3.03. The number of aliphatic hydroxyl groups is 1. The standard InChI is InChI=1S/C12H16Cl2N2O/c1-8(17)5-10-3-2-4-16(10)12-11(14)6-9(13)7-15-12/h6-8,10,17H,2-5H2,1H3/t8-,10-/m0/s1. The first-order valence-electron chi connectivity index (χ1n) is 5.83. The Kier molecular flexibility index (Phi) is 4.13. The van der Waals surface area contributed by atoms with Gasteiger partial charge in [-0.05, 0) is 32.3 Å². The molecule has 0 aromatic carbocycles. The molecule has 1 aromatic rings. The highest BCUT2D eigenvalue weighted by molar-refractivity contribution is 6.36. The molecule has 5 heteroatoms. The van der Waals surface area contributed by atoms with Gasteiger partial charge in [-0.2, -0.15) is 0 Å². The maximum absolute atomic E-state index is 9.49. The highest BCUT2D eigenvalue weighted by Crippen LogP contribution is 2.32. The lowest BCUT2D eigenvalue weighted by Crippen LogP contribution is -2.32. The Balaban J connectivity index is 2.20. The van der Waals surface area contributed by atoms with Crippen LogP contribution in [0.4, 0.5) is 5.82 Å². The topological polar surface area (TPSA) is 36.4 Å². The van der Waals surface area contributed by atoms with Crippen LogP contribution in [0.15, 0.2) is 12.3 Å². The van der Waals surface area contributed by atoms with Gasteiger partial charge in [0.05, 0.1) is 16.1 Å². The fourth-order valence-corrected chi connectivity index (χ4v) is 2.86. The van der Waals surface area contributed by atoms with Gasteiger partial charge in [-0.3, -0.25) is 0 Å². The molecular formula is C12H16Cl2N2O. The molecule has 1 fully saturated rings. The Morgan fingerprint density at radius 1 is 1.59 bits per heavy atom. The third-order valence-electron chi connectivity index (χ3n) is 3.05. The van der Waals surface area contributed by atoms with E-state index in [0.29, 0.717) is 16.1 Å². The summed E-state index contributed by atoms with van der Waals surface area (Å²) in [6.07, 6.45) is 4.25. The summed E-state index contributed by atoms with van der Waals surface area (Å²) in [5.74, 6) is 0.777. The van der Waals surface area contributed by atoms with Gasteiger partial charge in [0.25, 0.3) is 0 Å². The number of nitrogens with zero attached hydrogens (tertiary/aromatic N) is 2. The molecule has 1 N–H and O–H groups in total. The van der Waals surface area contributed by atoms with Crippen molar-refractivity contribution in [1.82, 2.24) is 4.98 Å². The molecule has 1 saturated heterocycles. The quantitative estimate of drug-likeness (QED) is 0.920. The van der Waals surface area contributed by atoms with Gasteiger partial charge >= 0.3 is 0 Å². The molecule has 2 heterocycles. The van der Waals surface area contributed by atoms with E-state index in [1.165, 1.54) is 0 Å². The minimum absolute atomic E-state index is 0.299. The van der Waals surface area contributed by atoms with Crippen molar-refractivity contribution in [3.05, 3.63) is 22.3 Å². The Bertz CT molecular complexity index is 398. The van der Waals surface area contributed by atoms with E-state index in [1.54, 1.807) is 12.3 Å². The molecule has 17 heavy (non-hydrogen) atoms. The largest absolute Gasteiger partial charge is 0.393 e. The Morgan fingerprint density at radius 3 is 3.00 bits per heavy atom. The summed E-state index contributed by atoms with van der Waals surface area (Å²) in [4.78, 5) is 6.47. The minimum atomic E-state index is -0.299. The zero-order valence-electron chi connectivity index (χ0n) is 9.74. The zero-order valence-corrected chi connectivity index (χ0v) is 11.2. The molecule has 2 atom stereocenters. The number of aromatic nitrogens is 1. The van der Waals surface area contributed by atoms with Crippen molar-refractivity contribution < 1.29 is 5.11 Å². The van der Waals surface area contributed by atoms with Crippen LogP contribution >= 0.6 is 23.2 Å². The van der Waals surface area contributed by atoms with Crippen LogP contribution in [0.25, 0.3) is 0 Å². The van der Waals surface area contributed by atoms with E-state index >= 15 is 0 Å². The molecule has 0 saturated carbocycles. The van der Waals surface area contributed by atoms with E-state index in [1.807, 2.05) is 6.92 Å². The SMILES string of the molecule is C[C@H](O)C[C@@H]1CCCN1c1ncc(Cl)cc1Cl. The summed E-state index contributed by atoms with van der Waals surface area (Å²) < 4.78 is 0. The van der Waals surface area contributed by atoms with Crippen LogP contribution in [0.2, 0.25) is 10.0 Å². The van der Waals surface area contributed by atoms with Gasteiger partial charge in [0.2, 0.25) is 0 Å². The first-order valence-corrected chi connectivity index (χ1v) is 6.59. The van der Waals surface area contributed by atoms with E-state index in [2.05, 4.69) is 9.88 Å². The first kappa shape index (κ1) is 12.9. The highest BCUT2D eigenvalue weighted by Gasteiger charge is 2.28. The number of halogens is 2. The molecule has 0 amide bonds. The van der Waals surface area contributed by atoms with Gasteiger partial charge in [-0.25, -0.2) is 4.98 Å². The van der Waals surface area contributed by atoms with Crippen molar-refractivity contribution in [3.63, 3.8) is 0 Å². The summed E-state index contributed by atoms with van der Waals surface area (Å²) >= 11 is 12.0. The van der Waals surface area contributed by atoms with Crippen LogP contribution in [-0.2, 0) is 0 Å². The van der Waals surface area contributed by atoms with Crippen LogP contribution in [0, 0.1) is 0 Å². The highest BCUT2D eigenvalue weighted by atomic mass is 35.5. The summed E-state index contributed by atoms with van der Waals surface area (Å²) in [6.45, 7) is 2.75. The second kappa shape index (κ2) is 5.42. The molecule has 94 valence electrons. The van der Waals surface area contributed by atoms with Crippen molar-refractivity contribution in [1.29, 1.82) is 0 Å². The van der Waals surface area contributed by atoms with Gasteiger partial charge in [-0.1, -0.05) is 23.2 Å². The number of hydrogen-bond acceptors (Lipinski definition) is 3. The molecule has 1 aliphatic rings. The molecule has 2 rings (SSSR count). The Hall–Kier alpha value is -0.510. The van der Waals surface area contributed by atoms with Gasteiger partial charge in [0.15, 0.2) is 0 Å². The van der Waals surface area contributed by atoms with E-state index in [4.69, 9.17) is 23.2 Å². The van der Waals surface area contributed by atoms with Crippen LogP contribution in [0.3, 0.4) is 0 Å². The predicted octanol–water partition coefficient (Wildman–Crippen LogP) is 3.13. The lowest BCUT2D eigenvalue weighted by molar-refractivity contribution is 0.175. The van der Waals surface area contributed by atoms with Crippen molar-refractivity contribution in [2.75, 3.05) is 11.4 Å². The molecule has 0 spiro atoms. The monoisotopic (exact) mass is 274 g/mol. The smallest absolute Gasteiger partial charge is 0.147 e. The van der Waals surface area contributed by atoms with Gasteiger partial charge in [0, 0.05) is 18.8 Å². The lowest BCUT2D eigenvalue weighted by atomic mass is 10.1. The Labute approximate surface area is 111 Å².